The van der Waals surface area contributed by atoms with Gasteiger partial charge in [0.25, 0.3) is 0 Å². The number of hydrogen-bond donors (Lipinski definition) is 1. The Morgan fingerprint density at radius 2 is 2.00 bits per heavy atom. The fourth-order valence-electron chi connectivity index (χ4n) is 1.81. The quantitative estimate of drug-likeness (QED) is 0.936. The van der Waals surface area contributed by atoms with Crippen molar-refractivity contribution in [2.75, 3.05) is 7.05 Å². The van der Waals surface area contributed by atoms with Gasteiger partial charge in [-0.2, -0.15) is 13.2 Å². The molecule has 1 heterocycles. The lowest BCUT2D eigenvalue weighted by Crippen LogP contribution is -2.46. The van der Waals surface area contributed by atoms with E-state index >= 15 is 0 Å². The number of amides is 1. The van der Waals surface area contributed by atoms with Crippen LogP contribution < -0.4 is 0 Å². The molecule has 0 radical (unpaired) electrons. The number of aromatic nitrogens is 1. The number of carbonyl (C=O) groups is 1. The molecule has 22 heavy (non-hydrogen) atoms. The molecule has 0 aliphatic rings. The van der Waals surface area contributed by atoms with E-state index in [1.165, 1.54) is 18.4 Å². The monoisotopic (exact) mass is 332 g/mol. The molecule has 1 aromatic carbocycles. The summed E-state index contributed by atoms with van der Waals surface area (Å²) in [4.78, 5) is 17.3. The molecule has 0 unspecified atom stereocenters. The van der Waals surface area contributed by atoms with Crippen LogP contribution in [0.4, 0.5) is 13.2 Å². The van der Waals surface area contributed by atoms with Crippen LogP contribution >= 0.6 is 11.3 Å². The van der Waals surface area contributed by atoms with E-state index in [9.17, 15) is 23.1 Å². The van der Waals surface area contributed by atoms with Crippen LogP contribution in [0.15, 0.2) is 24.3 Å². The standard InChI is InChI=1S/C14H15F3N2O2S/c1-13(21,14(15,16)17)7-12(20)19(2)8-11-18-9-5-3-4-6-10(9)22-11/h3-6,21H,7-8H2,1-2H3/t13-/m1/s1. The number of nitrogens with zero attached hydrogens (tertiary/aromatic N) is 2. The average Bonchev–Trinajstić information content (AvgIpc) is 2.78. The minimum Gasteiger partial charge on any atom is -0.380 e. The summed E-state index contributed by atoms with van der Waals surface area (Å²) in [5, 5.41) is 9.99. The summed E-state index contributed by atoms with van der Waals surface area (Å²) < 4.78 is 38.7. The smallest absolute Gasteiger partial charge is 0.380 e. The van der Waals surface area contributed by atoms with Crippen molar-refractivity contribution in [1.29, 1.82) is 0 Å². The molecule has 0 saturated heterocycles. The number of aliphatic hydroxyl groups is 1. The van der Waals surface area contributed by atoms with E-state index in [0.717, 1.165) is 15.1 Å². The number of fused-ring (bicyclic) bond motifs is 1. The molecule has 8 heteroatoms. The maximum Gasteiger partial charge on any atom is 0.417 e. The van der Waals surface area contributed by atoms with Crippen LogP contribution in [0.1, 0.15) is 18.4 Å². The Kier molecular flexibility index (Phi) is 4.44. The van der Waals surface area contributed by atoms with Crippen molar-refractivity contribution >= 4 is 27.5 Å². The first-order valence-electron chi connectivity index (χ1n) is 6.48. The number of rotatable bonds is 4. The zero-order chi connectivity index (χ0) is 16.5. The van der Waals surface area contributed by atoms with Crippen molar-refractivity contribution < 1.29 is 23.1 Å². The van der Waals surface area contributed by atoms with Crippen LogP contribution in [0.3, 0.4) is 0 Å². The molecule has 0 fully saturated rings. The third-order valence-electron chi connectivity index (χ3n) is 3.24. The fourth-order valence-corrected chi connectivity index (χ4v) is 2.83. The first kappa shape index (κ1) is 16.7. The van der Waals surface area contributed by atoms with Gasteiger partial charge in [-0.3, -0.25) is 4.79 Å². The number of alkyl halides is 3. The first-order valence-corrected chi connectivity index (χ1v) is 7.29. The van der Waals surface area contributed by atoms with Crippen LogP contribution in [0.5, 0.6) is 0 Å². The van der Waals surface area contributed by atoms with Gasteiger partial charge in [-0.15, -0.1) is 11.3 Å². The second-order valence-corrected chi connectivity index (χ2v) is 6.39. The van der Waals surface area contributed by atoms with Crippen molar-refractivity contribution in [2.24, 2.45) is 0 Å². The van der Waals surface area contributed by atoms with E-state index in [4.69, 9.17) is 0 Å². The van der Waals surface area contributed by atoms with E-state index in [0.29, 0.717) is 11.9 Å². The molecular weight excluding hydrogens is 317 g/mol. The van der Waals surface area contributed by atoms with Crippen LogP contribution in [0.25, 0.3) is 10.2 Å². The molecule has 1 aromatic heterocycles. The Balaban J connectivity index is 2.05. The molecule has 2 aromatic rings. The number of carbonyl (C=O) groups excluding carboxylic acids is 1. The summed E-state index contributed by atoms with van der Waals surface area (Å²) in [5.74, 6) is -0.790. The maximum atomic E-state index is 12.6. The Bertz CT molecular complexity index is 649. The summed E-state index contributed by atoms with van der Waals surface area (Å²) in [7, 11) is 1.39. The largest absolute Gasteiger partial charge is 0.417 e. The molecule has 120 valence electrons. The molecule has 0 spiro atoms. The zero-order valence-corrected chi connectivity index (χ0v) is 12.8. The highest BCUT2D eigenvalue weighted by molar-refractivity contribution is 7.18. The van der Waals surface area contributed by atoms with Gasteiger partial charge in [0.1, 0.15) is 5.01 Å². The van der Waals surface area contributed by atoms with Crippen molar-refractivity contribution in [3.63, 3.8) is 0 Å². The van der Waals surface area contributed by atoms with Crippen LogP contribution in [-0.4, -0.2) is 39.7 Å². The van der Waals surface area contributed by atoms with Crippen molar-refractivity contribution in [3.8, 4) is 0 Å². The van der Waals surface area contributed by atoms with Gasteiger partial charge in [-0.05, 0) is 19.1 Å². The van der Waals surface area contributed by atoms with Gasteiger partial charge in [0, 0.05) is 7.05 Å². The van der Waals surface area contributed by atoms with E-state index < -0.39 is 24.1 Å². The Morgan fingerprint density at radius 1 is 1.36 bits per heavy atom. The van der Waals surface area contributed by atoms with Crippen molar-refractivity contribution in [1.82, 2.24) is 9.88 Å². The van der Waals surface area contributed by atoms with E-state index in [2.05, 4.69) is 4.98 Å². The lowest BCUT2D eigenvalue weighted by Gasteiger charge is -2.27. The summed E-state index contributed by atoms with van der Waals surface area (Å²) in [6.07, 6.45) is -5.86. The van der Waals surface area contributed by atoms with Gasteiger partial charge in [0.15, 0.2) is 5.60 Å². The number of benzene rings is 1. The average molecular weight is 332 g/mol. The molecule has 2 rings (SSSR count). The molecular formula is C14H15F3N2O2S. The summed E-state index contributed by atoms with van der Waals surface area (Å²) >= 11 is 1.38. The molecule has 0 aliphatic heterocycles. The fraction of sp³-hybridized carbons (Fsp3) is 0.429. The third-order valence-corrected chi connectivity index (χ3v) is 4.26. The second-order valence-electron chi connectivity index (χ2n) is 5.27. The zero-order valence-electron chi connectivity index (χ0n) is 12.0. The van der Waals surface area contributed by atoms with Gasteiger partial charge in [-0.1, -0.05) is 12.1 Å². The van der Waals surface area contributed by atoms with Crippen LogP contribution in [-0.2, 0) is 11.3 Å². The predicted octanol–water partition coefficient (Wildman–Crippen LogP) is 2.96. The number of para-hydroxylation sites is 1. The molecule has 0 bridgehead atoms. The van der Waals surface area contributed by atoms with Gasteiger partial charge in [0.2, 0.25) is 5.91 Å². The van der Waals surface area contributed by atoms with Crippen LogP contribution in [0.2, 0.25) is 0 Å². The van der Waals surface area contributed by atoms with Gasteiger partial charge in [0.05, 0.1) is 23.2 Å². The SMILES string of the molecule is CN(Cc1nc2ccccc2s1)C(=O)C[C@@](C)(O)C(F)(F)F. The molecule has 4 nitrogen and oxygen atoms in total. The maximum absolute atomic E-state index is 12.6. The normalized spacial score (nSPS) is 14.8. The Hall–Kier alpha value is -1.67. The van der Waals surface area contributed by atoms with E-state index in [-0.39, 0.29) is 6.54 Å². The second kappa shape index (κ2) is 5.85. The van der Waals surface area contributed by atoms with E-state index in [1.54, 1.807) is 0 Å². The minimum absolute atomic E-state index is 0.103. The molecule has 0 saturated carbocycles. The summed E-state index contributed by atoms with van der Waals surface area (Å²) in [5.41, 5.74) is -2.25. The minimum atomic E-state index is -4.85. The van der Waals surface area contributed by atoms with E-state index in [1.807, 2.05) is 24.3 Å². The lowest BCUT2D eigenvalue weighted by atomic mass is 10.0. The van der Waals surface area contributed by atoms with Crippen molar-refractivity contribution in [2.45, 2.75) is 31.7 Å². The number of hydrogen-bond acceptors (Lipinski definition) is 4. The first-order chi connectivity index (χ1) is 10.1. The summed E-state index contributed by atoms with van der Waals surface area (Å²) in [6, 6.07) is 7.40. The Labute approximate surface area is 129 Å². The highest BCUT2D eigenvalue weighted by Crippen LogP contribution is 2.33. The van der Waals surface area contributed by atoms with Crippen molar-refractivity contribution in [3.05, 3.63) is 29.3 Å². The molecule has 1 N–H and O–H groups in total. The van der Waals surface area contributed by atoms with Gasteiger partial charge < -0.3 is 10.0 Å². The number of halogens is 3. The predicted molar refractivity (Wildman–Crippen MR) is 77.4 cm³/mol. The lowest BCUT2D eigenvalue weighted by molar-refractivity contribution is -0.254. The third kappa shape index (κ3) is 3.56. The molecule has 1 atom stereocenters. The number of thiazole rings is 1. The van der Waals surface area contributed by atoms with Crippen LogP contribution in [0, 0.1) is 0 Å². The van der Waals surface area contributed by atoms with Gasteiger partial charge >= 0.3 is 6.18 Å². The molecule has 1 amide bonds. The summed E-state index contributed by atoms with van der Waals surface area (Å²) in [6.45, 7) is 0.697. The highest BCUT2D eigenvalue weighted by Gasteiger charge is 2.51. The topological polar surface area (TPSA) is 53.4 Å². The molecule has 0 aliphatic carbocycles. The highest BCUT2D eigenvalue weighted by atomic mass is 32.1. The Morgan fingerprint density at radius 3 is 2.59 bits per heavy atom. The van der Waals surface area contributed by atoms with Gasteiger partial charge in [-0.25, -0.2) is 4.98 Å².